The maximum Gasteiger partial charge on any atom is 0.191 e. The Morgan fingerprint density at radius 1 is 1.45 bits per heavy atom. The van der Waals surface area contributed by atoms with E-state index >= 15 is 0 Å². The lowest BCUT2D eigenvalue weighted by molar-refractivity contribution is 0.223. The molecule has 1 atom stereocenters. The average Bonchev–Trinajstić information content (AvgIpc) is 3.18. The number of halogens is 1. The van der Waals surface area contributed by atoms with Crippen molar-refractivity contribution in [2.24, 2.45) is 4.99 Å². The number of aliphatic imine (C=N–C) groups is 1. The summed E-state index contributed by atoms with van der Waals surface area (Å²) in [5, 5.41) is 6.64. The maximum absolute atomic E-state index is 5.87. The molecule has 4 nitrogen and oxygen atoms in total. The van der Waals surface area contributed by atoms with Crippen LogP contribution in [0.1, 0.15) is 25.3 Å². The van der Waals surface area contributed by atoms with Crippen molar-refractivity contribution in [3.8, 4) is 5.75 Å². The Labute approximate surface area is 138 Å². The predicted octanol–water partition coefficient (Wildman–Crippen LogP) is 2.71. The number of nitrogens with zero attached hydrogens (tertiary/aromatic N) is 1. The molecule has 0 amide bonds. The first-order chi connectivity index (χ1) is 9.17. The molecule has 1 aliphatic rings. The lowest BCUT2D eigenvalue weighted by atomic mass is 10.2. The summed E-state index contributed by atoms with van der Waals surface area (Å²) in [5.74, 6) is 1.78. The van der Waals surface area contributed by atoms with Gasteiger partial charge in [-0.15, -0.1) is 24.0 Å². The highest BCUT2D eigenvalue weighted by atomic mass is 127. The second-order valence-corrected chi connectivity index (χ2v) is 5.12. The van der Waals surface area contributed by atoms with Crippen LogP contribution in [0.25, 0.3) is 0 Å². The third-order valence-corrected chi connectivity index (χ3v) is 3.03. The summed E-state index contributed by atoms with van der Waals surface area (Å²) in [7, 11) is 1.80. The topological polar surface area (TPSA) is 45.7 Å². The molecule has 0 radical (unpaired) electrons. The van der Waals surface area contributed by atoms with E-state index in [1.807, 2.05) is 18.2 Å². The largest absolute Gasteiger partial charge is 0.489 e. The predicted molar refractivity (Wildman–Crippen MR) is 94.2 cm³/mol. The van der Waals surface area contributed by atoms with Gasteiger partial charge in [-0.1, -0.05) is 12.1 Å². The van der Waals surface area contributed by atoms with Crippen LogP contribution in [0.4, 0.5) is 0 Å². The molecule has 1 fully saturated rings. The number of benzene rings is 1. The van der Waals surface area contributed by atoms with Gasteiger partial charge in [-0.05, 0) is 44.4 Å². The smallest absolute Gasteiger partial charge is 0.191 e. The van der Waals surface area contributed by atoms with Crippen LogP contribution in [0.3, 0.4) is 0 Å². The molecule has 0 bridgehead atoms. The van der Waals surface area contributed by atoms with Gasteiger partial charge in [0, 0.05) is 13.1 Å². The van der Waals surface area contributed by atoms with E-state index in [1.54, 1.807) is 7.05 Å². The van der Waals surface area contributed by atoms with E-state index in [0.29, 0.717) is 6.04 Å². The fourth-order valence-corrected chi connectivity index (χ4v) is 1.82. The van der Waals surface area contributed by atoms with Gasteiger partial charge in [0.15, 0.2) is 5.96 Å². The lowest BCUT2D eigenvalue weighted by Crippen LogP contribution is -2.42. The summed E-state index contributed by atoms with van der Waals surface area (Å²) < 4.78 is 5.87. The van der Waals surface area contributed by atoms with Gasteiger partial charge in [0.1, 0.15) is 11.9 Å². The van der Waals surface area contributed by atoms with Crippen molar-refractivity contribution < 1.29 is 4.74 Å². The normalized spacial score (nSPS) is 16.1. The van der Waals surface area contributed by atoms with Crippen LogP contribution in [0.5, 0.6) is 5.75 Å². The first-order valence-electron chi connectivity index (χ1n) is 6.88. The molecule has 5 heteroatoms. The molecular formula is C15H24IN3O. The minimum Gasteiger partial charge on any atom is -0.489 e. The molecule has 0 saturated heterocycles. The molecule has 0 aromatic heterocycles. The van der Waals surface area contributed by atoms with Crippen molar-refractivity contribution in [1.29, 1.82) is 0 Å². The Morgan fingerprint density at radius 3 is 2.80 bits per heavy atom. The lowest BCUT2D eigenvalue weighted by Gasteiger charge is -2.17. The zero-order valence-corrected chi connectivity index (χ0v) is 14.7. The number of hydrogen-bond acceptors (Lipinski definition) is 2. The second kappa shape index (κ2) is 8.34. The number of nitrogens with one attached hydrogen (secondary N) is 2. The highest BCUT2D eigenvalue weighted by Crippen LogP contribution is 2.18. The third-order valence-electron chi connectivity index (χ3n) is 3.03. The Kier molecular flexibility index (Phi) is 7.12. The minimum atomic E-state index is 0. The van der Waals surface area contributed by atoms with Crippen LogP contribution in [0, 0.1) is 6.92 Å². The van der Waals surface area contributed by atoms with Gasteiger partial charge in [-0.3, -0.25) is 4.99 Å². The van der Waals surface area contributed by atoms with Gasteiger partial charge in [0.25, 0.3) is 0 Å². The van der Waals surface area contributed by atoms with Crippen LogP contribution in [0.2, 0.25) is 0 Å². The standard InChI is InChI=1S/C15H23N3O.HI/c1-11-5-4-6-14(9-11)19-12(2)10-17-15(16-3)18-13-7-8-13;/h4-6,9,12-13H,7-8,10H2,1-3H3,(H2,16,17,18);1H. The molecule has 0 aliphatic heterocycles. The average molecular weight is 389 g/mol. The Morgan fingerprint density at radius 2 is 2.20 bits per heavy atom. The van der Waals surface area contributed by atoms with Gasteiger partial charge < -0.3 is 15.4 Å². The third kappa shape index (κ3) is 5.98. The van der Waals surface area contributed by atoms with E-state index in [-0.39, 0.29) is 30.1 Å². The first kappa shape index (κ1) is 17.1. The number of rotatable bonds is 5. The van der Waals surface area contributed by atoms with E-state index in [0.717, 1.165) is 18.3 Å². The number of hydrogen-bond donors (Lipinski definition) is 2. The summed E-state index contributed by atoms with van der Waals surface area (Å²) in [6, 6.07) is 8.73. The van der Waals surface area contributed by atoms with E-state index in [1.165, 1.54) is 18.4 Å². The molecule has 1 unspecified atom stereocenters. The monoisotopic (exact) mass is 389 g/mol. The molecule has 1 aliphatic carbocycles. The number of ether oxygens (including phenoxy) is 1. The molecule has 1 saturated carbocycles. The maximum atomic E-state index is 5.87. The molecule has 112 valence electrons. The van der Waals surface area contributed by atoms with E-state index < -0.39 is 0 Å². The van der Waals surface area contributed by atoms with Crippen LogP contribution in [0.15, 0.2) is 29.3 Å². The molecule has 1 aromatic carbocycles. The van der Waals surface area contributed by atoms with Crippen molar-refractivity contribution in [3.63, 3.8) is 0 Å². The summed E-state index contributed by atoms with van der Waals surface area (Å²) in [6.45, 7) is 4.86. The fraction of sp³-hybridized carbons (Fsp3) is 0.533. The van der Waals surface area contributed by atoms with Crippen molar-refractivity contribution in [3.05, 3.63) is 29.8 Å². The van der Waals surface area contributed by atoms with E-state index in [4.69, 9.17) is 4.74 Å². The Bertz CT molecular complexity index is 446. The van der Waals surface area contributed by atoms with Crippen molar-refractivity contribution in [2.45, 2.75) is 38.8 Å². The van der Waals surface area contributed by atoms with Gasteiger partial charge in [-0.2, -0.15) is 0 Å². The van der Waals surface area contributed by atoms with Crippen molar-refractivity contribution >= 4 is 29.9 Å². The van der Waals surface area contributed by atoms with Crippen LogP contribution in [-0.2, 0) is 0 Å². The molecule has 2 N–H and O–H groups in total. The van der Waals surface area contributed by atoms with Gasteiger partial charge in [-0.25, -0.2) is 0 Å². The van der Waals surface area contributed by atoms with Crippen LogP contribution < -0.4 is 15.4 Å². The molecule has 2 rings (SSSR count). The first-order valence-corrected chi connectivity index (χ1v) is 6.88. The fourth-order valence-electron chi connectivity index (χ4n) is 1.82. The van der Waals surface area contributed by atoms with Crippen molar-refractivity contribution in [2.75, 3.05) is 13.6 Å². The van der Waals surface area contributed by atoms with Crippen LogP contribution in [-0.4, -0.2) is 31.7 Å². The molecular weight excluding hydrogens is 365 g/mol. The van der Waals surface area contributed by atoms with Crippen LogP contribution >= 0.6 is 24.0 Å². The van der Waals surface area contributed by atoms with Crippen molar-refractivity contribution in [1.82, 2.24) is 10.6 Å². The molecule has 0 heterocycles. The molecule has 20 heavy (non-hydrogen) atoms. The highest BCUT2D eigenvalue weighted by Gasteiger charge is 2.22. The zero-order valence-electron chi connectivity index (χ0n) is 12.3. The summed E-state index contributed by atoms with van der Waals surface area (Å²) in [4.78, 5) is 4.20. The van der Waals surface area contributed by atoms with E-state index in [9.17, 15) is 0 Å². The molecule has 1 aromatic rings. The van der Waals surface area contributed by atoms with Gasteiger partial charge >= 0.3 is 0 Å². The summed E-state index contributed by atoms with van der Waals surface area (Å²) in [5.41, 5.74) is 1.21. The zero-order chi connectivity index (χ0) is 13.7. The van der Waals surface area contributed by atoms with E-state index in [2.05, 4.69) is 35.5 Å². The second-order valence-electron chi connectivity index (χ2n) is 5.12. The highest BCUT2D eigenvalue weighted by molar-refractivity contribution is 14.0. The summed E-state index contributed by atoms with van der Waals surface area (Å²) in [6.07, 6.45) is 2.59. The summed E-state index contributed by atoms with van der Waals surface area (Å²) >= 11 is 0. The SMILES string of the molecule is CN=C(NCC(C)Oc1cccc(C)c1)NC1CC1.I. The van der Waals surface area contributed by atoms with Gasteiger partial charge in [0.2, 0.25) is 0 Å². The minimum absolute atomic E-state index is 0. The van der Waals surface area contributed by atoms with Gasteiger partial charge in [0.05, 0.1) is 6.54 Å². The quantitative estimate of drug-likeness (QED) is 0.463. The Balaban J connectivity index is 0.00000200. The number of aryl methyl sites for hydroxylation is 1. The molecule has 0 spiro atoms. The Hall–Kier alpha value is -0.980. The number of guanidine groups is 1.